The lowest BCUT2D eigenvalue weighted by Crippen LogP contribution is -2.31. The molecule has 0 saturated heterocycles. The highest BCUT2D eigenvalue weighted by molar-refractivity contribution is 5.65. The molecule has 0 bridgehead atoms. The molecule has 0 fully saturated rings. The first-order valence-corrected chi connectivity index (χ1v) is 12.0. The van der Waals surface area contributed by atoms with Gasteiger partial charge in [-0.2, -0.15) is 0 Å². The first-order valence-electron chi connectivity index (χ1n) is 12.0. The van der Waals surface area contributed by atoms with Crippen molar-refractivity contribution in [2.24, 2.45) is 0 Å². The number of phenolic OH excluding ortho intramolecular Hbond substituents is 1. The van der Waals surface area contributed by atoms with E-state index in [-0.39, 0.29) is 11.4 Å². The van der Waals surface area contributed by atoms with E-state index < -0.39 is 0 Å². The Labute approximate surface area is 204 Å². The molecular formula is C31H35NO2. The number of nitrogens with one attached hydrogen (secondary N) is 1. The quantitative estimate of drug-likeness (QED) is 0.291. The van der Waals surface area contributed by atoms with Crippen LogP contribution < -0.4 is 5.32 Å². The Bertz CT molecular complexity index is 1130. The highest BCUT2D eigenvalue weighted by Crippen LogP contribution is 2.37. The maximum absolute atomic E-state index is 9.88. The molecule has 0 radical (unpaired) electrons. The third kappa shape index (κ3) is 6.31. The first-order chi connectivity index (χ1) is 16.4. The van der Waals surface area contributed by atoms with E-state index in [1.54, 1.807) is 12.1 Å². The number of benzene rings is 3. The summed E-state index contributed by atoms with van der Waals surface area (Å²) in [5, 5.41) is 13.2. The summed E-state index contributed by atoms with van der Waals surface area (Å²) in [6.07, 6.45) is 9.44. The maximum Gasteiger partial charge on any atom is 0.117 e. The highest BCUT2D eigenvalue weighted by Gasteiger charge is 2.31. The monoisotopic (exact) mass is 453 g/mol. The topological polar surface area (TPSA) is 41.5 Å². The molecule has 0 aliphatic carbocycles. The summed E-state index contributed by atoms with van der Waals surface area (Å²) in [6.45, 7) is 10.9. The Morgan fingerprint density at radius 1 is 1.00 bits per heavy atom. The van der Waals surface area contributed by atoms with E-state index in [2.05, 4.69) is 62.0 Å². The van der Waals surface area contributed by atoms with Crippen LogP contribution >= 0.6 is 0 Å². The van der Waals surface area contributed by atoms with Gasteiger partial charge >= 0.3 is 0 Å². The molecule has 176 valence electrons. The lowest BCUT2D eigenvalue weighted by molar-refractivity contribution is -0.0532. The van der Waals surface area contributed by atoms with Crippen molar-refractivity contribution in [2.75, 3.05) is 11.9 Å². The van der Waals surface area contributed by atoms with Gasteiger partial charge in [0, 0.05) is 23.0 Å². The second kappa shape index (κ2) is 11.6. The summed E-state index contributed by atoms with van der Waals surface area (Å²) in [6, 6.07) is 22.1. The van der Waals surface area contributed by atoms with Gasteiger partial charge in [-0.25, -0.2) is 0 Å². The number of terminal acetylenes is 1. The molecule has 3 nitrogen and oxygen atoms in total. The van der Waals surface area contributed by atoms with Crippen LogP contribution in [0, 0.1) is 19.3 Å². The number of phenols is 1. The molecule has 3 rings (SSSR count). The van der Waals surface area contributed by atoms with Crippen molar-refractivity contribution in [1.29, 1.82) is 0 Å². The molecule has 0 aliphatic rings. The summed E-state index contributed by atoms with van der Waals surface area (Å²) in [5.41, 5.74) is 6.45. The van der Waals surface area contributed by atoms with E-state index in [1.165, 1.54) is 5.56 Å². The Balaban J connectivity index is 1.80. The van der Waals surface area contributed by atoms with Crippen molar-refractivity contribution in [3.8, 4) is 29.2 Å². The smallest absolute Gasteiger partial charge is 0.117 e. The summed E-state index contributed by atoms with van der Waals surface area (Å²) >= 11 is 0. The van der Waals surface area contributed by atoms with E-state index >= 15 is 0 Å². The van der Waals surface area contributed by atoms with Gasteiger partial charge in [-0.3, -0.25) is 0 Å². The fraction of sp³-hybridized carbons (Fsp3) is 0.290. The maximum atomic E-state index is 9.88. The predicted molar refractivity (Wildman–Crippen MR) is 143 cm³/mol. The lowest BCUT2D eigenvalue weighted by atomic mass is 9.84. The van der Waals surface area contributed by atoms with Gasteiger partial charge in [0.15, 0.2) is 0 Å². The Morgan fingerprint density at radius 2 is 1.71 bits per heavy atom. The van der Waals surface area contributed by atoms with Gasteiger partial charge in [-0.15, -0.1) is 6.42 Å². The number of rotatable bonds is 11. The van der Waals surface area contributed by atoms with Crippen LogP contribution in [0.5, 0.6) is 5.75 Å². The Hall–Kier alpha value is -3.48. The lowest BCUT2D eigenvalue weighted by Gasteiger charge is -2.35. The molecule has 0 aromatic heterocycles. The summed E-state index contributed by atoms with van der Waals surface area (Å²) in [5.74, 6) is 2.94. The van der Waals surface area contributed by atoms with E-state index in [9.17, 15) is 5.11 Å². The van der Waals surface area contributed by atoms with Crippen LogP contribution in [0.4, 0.5) is 5.69 Å². The molecule has 0 saturated carbocycles. The average molecular weight is 454 g/mol. The van der Waals surface area contributed by atoms with Gasteiger partial charge in [0.1, 0.15) is 5.75 Å². The number of hydrogen-bond acceptors (Lipinski definition) is 3. The molecule has 0 unspecified atom stereocenters. The van der Waals surface area contributed by atoms with Crippen LogP contribution in [-0.4, -0.2) is 11.7 Å². The summed E-state index contributed by atoms with van der Waals surface area (Å²) < 4.78 is 6.62. The van der Waals surface area contributed by atoms with Crippen molar-refractivity contribution in [3.63, 3.8) is 0 Å². The van der Waals surface area contributed by atoms with Gasteiger partial charge in [0.05, 0.1) is 12.2 Å². The molecular weight excluding hydrogens is 418 g/mol. The first kappa shape index (κ1) is 25.1. The Kier molecular flexibility index (Phi) is 8.57. The van der Waals surface area contributed by atoms with Crippen LogP contribution in [0.3, 0.4) is 0 Å². The predicted octanol–water partition coefficient (Wildman–Crippen LogP) is 7.79. The fourth-order valence-electron chi connectivity index (χ4n) is 4.50. The molecule has 2 N–H and O–H groups in total. The number of aryl methyl sites for hydroxylation is 1. The van der Waals surface area contributed by atoms with E-state index in [4.69, 9.17) is 11.2 Å². The highest BCUT2D eigenvalue weighted by atomic mass is 16.5. The number of aromatic hydroxyl groups is 1. The van der Waals surface area contributed by atoms with E-state index in [0.29, 0.717) is 6.61 Å². The molecule has 34 heavy (non-hydrogen) atoms. The molecule has 0 heterocycles. The standard InChI is InChI=1S/C31H35NO2/c1-6-16-31(17-7-2,34-22-24(5)32-29-18-23(4)19-30(33)21-29)28-14-12-26(13-15-28)27-11-9-10-25(8-3)20-27/h3,9-15,18-21,32-33H,5-7,16-17,22H2,1-2,4H3. The van der Waals surface area contributed by atoms with Crippen LogP contribution in [0.25, 0.3) is 11.1 Å². The van der Waals surface area contributed by atoms with Crippen LogP contribution in [0.15, 0.2) is 79.0 Å². The largest absolute Gasteiger partial charge is 0.508 e. The van der Waals surface area contributed by atoms with Gasteiger partial charge < -0.3 is 15.2 Å². The Morgan fingerprint density at radius 3 is 2.32 bits per heavy atom. The van der Waals surface area contributed by atoms with Gasteiger partial charge in [0.25, 0.3) is 0 Å². The molecule has 0 atom stereocenters. The van der Waals surface area contributed by atoms with Crippen molar-refractivity contribution in [2.45, 2.75) is 52.1 Å². The zero-order valence-corrected chi connectivity index (χ0v) is 20.5. The second-order valence-corrected chi connectivity index (χ2v) is 8.87. The van der Waals surface area contributed by atoms with Crippen molar-refractivity contribution in [1.82, 2.24) is 0 Å². The third-order valence-corrected chi connectivity index (χ3v) is 5.99. The van der Waals surface area contributed by atoms with Crippen molar-refractivity contribution < 1.29 is 9.84 Å². The number of anilines is 1. The molecule has 0 spiro atoms. The molecule has 3 heteroatoms. The minimum Gasteiger partial charge on any atom is -0.508 e. The molecule has 0 amide bonds. The zero-order valence-electron chi connectivity index (χ0n) is 20.5. The molecule has 3 aromatic rings. The van der Waals surface area contributed by atoms with Gasteiger partial charge in [-0.05, 0) is 66.3 Å². The minimum absolute atomic E-state index is 0.232. The molecule has 0 aliphatic heterocycles. The van der Waals surface area contributed by atoms with Gasteiger partial charge in [-0.1, -0.05) is 75.6 Å². The average Bonchev–Trinajstić information content (AvgIpc) is 2.82. The van der Waals surface area contributed by atoms with Crippen LogP contribution in [0.2, 0.25) is 0 Å². The normalized spacial score (nSPS) is 11.1. The number of hydrogen-bond donors (Lipinski definition) is 2. The molecule has 3 aromatic carbocycles. The fourth-order valence-corrected chi connectivity index (χ4v) is 4.50. The minimum atomic E-state index is -0.387. The zero-order chi connectivity index (χ0) is 24.6. The summed E-state index contributed by atoms with van der Waals surface area (Å²) in [7, 11) is 0. The SMILES string of the molecule is C#Cc1cccc(-c2ccc(C(CCC)(CCC)OCC(=C)Nc3cc(C)cc(O)c3)cc2)c1. The van der Waals surface area contributed by atoms with E-state index in [0.717, 1.165) is 59.3 Å². The van der Waals surface area contributed by atoms with E-state index in [1.807, 2.05) is 31.2 Å². The van der Waals surface area contributed by atoms with Gasteiger partial charge in [0.2, 0.25) is 0 Å². The summed E-state index contributed by atoms with van der Waals surface area (Å²) in [4.78, 5) is 0. The van der Waals surface area contributed by atoms with Crippen LogP contribution in [-0.2, 0) is 10.3 Å². The van der Waals surface area contributed by atoms with Crippen molar-refractivity contribution >= 4 is 5.69 Å². The number of ether oxygens (including phenoxy) is 1. The van der Waals surface area contributed by atoms with Crippen LogP contribution in [0.1, 0.15) is 56.2 Å². The van der Waals surface area contributed by atoms with Crippen molar-refractivity contribution in [3.05, 3.63) is 95.7 Å². The third-order valence-electron chi connectivity index (χ3n) is 5.99. The second-order valence-electron chi connectivity index (χ2n) is 8.87.